The second-order valence-electron chi connectivity index (χ2n) is 4.25. The molecule has 1 aromatic carbocycles. The Morgan fingerprint density at radius 2 is 1.94 bits per heavy atom. The third-order valence-electron chi connectivity index (χ3n) is 2.87. The van der Waals surface area contributed by atoms with Gasteiger partial charge in [-0.05, 0) is 38.1 Å². The molecular weight excluding hydrogens is 230 g/mol. The second kappa shape index (κ2) is 7.01. The molecule has 4 heteroatoms. The third-order valence-corrected chi connectivity index (χ3v) is 2.87. The minimum absolute atomic E-state index is 0.434. The van der Waals surface area contributed by atoms with Crippen LogP contribution in [0.5, 0.6) is 5.75 Å². The Morgan fingerprint density at radius 1 is 1.33 bits per heavy atom. The standard InChI is InChI=1S/C14H21NO3/c1-4-13(14(16)17)15(3)10-11-6-8-12(9-7-11)18-5-2/h6-9,13H,4-5,10H2,1-3H3,(H,16,17). The fourth-order valence-corrected chi connectivity index (χ4v) is 1.93. The maximum Gasteiger partial charge on any atom is 0.320 e. The Bertz CT molecular complexity index is 375. The molecule has 18 heavy (non-hydrogen) atoms. The van der Waals surface area contributed by atoms with Crippen molar-refractivity contribution in [1.29, 1.82) is 0 Å². The minimum atomic E-state index is -0.772. The average molecular weight is 251 g/mol. The van der Waals surface area contributed by atoms with Crippen molar-refractivity contribution in [2.24, 2.45) is 0 Å². The zero-order valence-electron chi connectivity index (χ0n) is 11.2. The second-order valence-corrected chi connectivity index (χ2v) is 4.25. The van der Waals surface area contributed by atoms with E-state index in [2.05, 4.69) is 0 Å². The van der Waals surface area contributed by atoms with Crippen molar-refractivity contribution in [2.45, 2.75) is 32.9 Å². The summed E-state index contributed by atoms with van der Waals surface area (Å²) in [5, 5.41) is 9.07. The topological polar surface area (TPSA) is 49.8 Å². The number of nitrogens with zero attached hydrogens (tertiary/aromatic N) is 1. The average Bonchev–Trinajstić information content (AvgIpc) is 2.32. The Hall–Kier alpha value is -1.55. The van der Waals surface area contributed by atoms with Gasteiger partial charge in [0.05, 0.1) is 6.61 Å². The zero-order chi connectivity index (χ0) is 13.5. The van der Waals surface area contributed by atoms with Crippen LogP contribution in [0, 0.1) is 0 Å². The summed E-state index contributed by atoms with van der Waals surface area (Å²) >= 11 is 0. The lowest BCUT2D eigenvalue weighted by Gasteiger charge is -2.23. The van der Waals surface area contributed by atoms with Crippen LogP contribution in [0.3, 0.4) is 0 Å². The first-order valence-corrected chi connectivity index (χ1v) is 6.23. The van der Waals surface area contributed by atoms with Gasteiger partial charge in [-0.25, -0.2) is 0 Å². The summed E-state index contributed by atoms with van der Waals surface area (Å²) in [6.07, 6.45) is 0.600. The predicted octanol–water partition coefficient (Wildman–Crippen LogP) is 2.38. The van der Waals surface area contributed by atoms with Gasteiger partial charge < -0.3 is 9.84 Å². The van der Waals surface area contributed by atoms with Crippen molar-refractivity contribution in [3.05, 3.63) is 29.8 Å². The fraction of sp³-hybridized carbons (Fsp3) is 0.500. The summed E-state index contributed by atoms with van der Waals surface area (Å²) < 4.78 is 5.36. The quantitative estimate of drug-likeness (QED) is 0.808. The molecule has 0 bridgehead atoms. The van der Waals surface area contributed by atoms with Crippen LogP contribution in [-0.2, 0) is 11.3 Å². The molecule has 0 radical (unpaired) electrons. The van der Waals surface area contributed by atoms with Gasteiger partial charge in [-0.2, -0.15) is 0 Å². The number of likely N-dealkylation sites (N-methyl/N-ethyl adjacent to an activating group) is 1. The van der Waals surface area contributed by atoms with Gasteiger partial charge in [0.2, 0.25) is 0 Å². The van der Waals surface area contributed by atoms with Gasteiger partial charge in [0, 0.05) is 6.54 Å². The third kappa shape index (κ3) is 4.04. The normalized spacial score (nSPS) is 12.4. The van der Waals surface area contributed by atoms with Gasteiger partial charge in [0.25, 0.3) is 0 Å². The number of benzene rings is 1. The monoisotopic (exact) mass is 251 g/mol. The fourth-order valence-electron chi connectivity index (χ4n) is 1.93. The van der Waals surface area contributed by atoms with Crippen LogP contribution in [0.4, 0.5) is 0 Å². The van der Waals surface area contributed by atoms with Gasteiger partial charge >= 0.3 is 5.97 Å². The first-order valence-electron chi connectivity index (χ1n) is 6.23. The molecule has 0 aliphatic carbocycles. The molecule has 1 unspecified atom stereocenters. The van der Waals surface area contributed by atoms with Gasteiger partial charge in [0.1, 0.15) is 11.8 Å². The molecule has 0 aliphatic rings. The molecule has 1 aromatic rings. The summed E-state index contributed by atoms with van der Waals surface area (Å²) in [4.78, 5) is 12.9. The van der Waals surface area contributed by atoms with Crippen molar-refractivity contribution >= 4 is 5.97 Å². The predicted molar refractivity (Wildman–Crippen MR) is 70.8 cm³/mol. The van der Waals surface area contributed by atoms with Gasteiger partial charge in [-0.1, -0.05) is 19.1 Å². The highest BCUT2D eigenvalue weighted by atomic mass is 16.5. The van der Waals surface area contributed by atoms with Crippen LogP contribution in [0.2, 0.25) is 0 Å². The van der Waals surface area contributed by atoms with E-state index in [1.165, 1.54) is 0 Å². The van der Waals surface area contributed by atoms with E-state index in [1.54, 1.807) is 0 Å². The highest BCUT2D eigenvalue weighted by Crippen LogP contribution is 2.14. The van der Waals surface area contributed by atoms with Crippen molar-refractivity contribution in [3.8, 4) is 5.75 Å². The Balaban J connectivity index is 2.63. The molecule has 4 nitrogen and oxygen atoms in total. The summed E-state index contributed by atoms with van der Waals surface area (Å²) in [5.74, 6) is 0.0696. The molecule has 0 amide bonds. The van der Waals surface area contributed by atoms with Gasteiger partial charge in [-0.3, -0.25) is 9.69 Å². The number of carboxylic acids is 1. The highest BCUT2D eigenvalue weighted by molar-refractivity contribution is 5.73. The number of hydrogen-bond donors (Lipinski definition) is 1. The number of rotatable bonds is 7. The van der Waals surface area contributed by atoms with E-state index in [0.717, 1.165) is 11.3 Å². The maximum absolute atomic E-state index is 11.0. The largest absolute Gasteiger partial charge is 0.494 e. The molecule has 0 heterocycles. The molecule has 0 fully saturated rings. The Morgan fingerprint density at radius 3 is 2.39 bits per heavy atom. The first-order chi connectivity index (χ1) is 8.58. The SMILES string of the molecule is CCOc1ccc(CN(C)C(CC)C(=O)O)cc1. The number of hydrogen-bond acceptors (Lipinski definition) is 3. The molecule has 1 N–H and O–H groups in total. The molecule has 0 aliphatic heterocycles. The molecule has 100 valence electrons. The molecule has 0 aromatic heterocycles. The van der Waals surface area contributed by atoms with Crippen molar-refractivity contribution in [2.75, 3.05) is 13.7 Å². The smallest absolute Gasteiger partial charge is 0.320 e. The lowest BCUT2D eigenvalue weighted by atomic mass is 10.1. The van der Waals surface area contributed by atoms with E-state index in [-0.39, 0.29) is 0 Å². The highest BCUT2D eigenvalue weighted by Gasteiger charge is 2.20. The maximum atomic E-state index is 11.0. The van der Waals surface area contributed by atoms with Crippen LogP contribution in [0.25, 0.3) is 0 Å². The first kappa shape index (κ1) is 14.5. The van der Waals surface area contributed by atoms with Gasteiger partial charge in [-0.15, -0.1) is 0 Å². The van der Waals surface area contributed by atoms with E-state index in [9.17, 15) is 4.79 Å². The lowest BCUT2D eigenvalue weighted by Crippen LogP contribution is -2.37. The molecule has 1 rings (SSSR count). The Labute approximate surface area is 108 Å². The summed E-state index contributed by atoms with van der Waals surface area (Å²) in [6, 6.07) is 7.33. The van der Waals surface area contributed by atoms with E-state index in [0.29, 0.717) is 19.6 Å². The van der Waals surface area contributed by atoms with E-state index in [1.807, 2.05) is 50.1 Å². The van der Waals surface area contributed by atoms with Gasteiger partial charge in [0.15, 0.2) is 0 Å². The van der Waals surface area contributed by atoms with Crippen LogP contribution in [-0.4, -0.2) is 35.7 Å². The van der Waals surface area contributed by atoms with Crippen LogP contribution in [0.15, 0.2) is 24.3 Å². The van der Waals surface area contributed by atoms with Crippen molar-refractivity contribution in [3.63, 3.8) is 0 Å². The molecule has 1 atom stereocenters. The minimum Gasteiger partial charge on any atom is -0.494 e. The molecule has 0 saturated carbocycles. The van der Waals surface area contributed by atoms with Crippen molar-refractivity contribution < 1.29 is 14.6 Å². The molecular formula is C14H21NO3. The number of ether oxygens (including phenoxy) is 1. The van der Waals surface area contributed by atoms with E-state index >= 15 is 0 Å². The number of carbonyl (C=O) groups is 1. The van der Waals surface area contributed by atoms with Crippen molar-refractivity contribution in [1.82, 2.24) is 4.90 Å². The summed E-state index contributed by atoms with van der Waals surface area (Å²) in [5.41, 5.74) is 1.08. The zero-order valence-corrected chi connectivity index (χ0v) is 11.2. The number of aliphatic carboxylic acids is 1. The van der Waals surface area contributed by atoms with Crippen LogP contribution < -0.4 is 4.74 Å². The summed E-state index contributed by atoms with van der Waals surface area (Å²) in [6.45, 7) is 5.10. The number of carboxylic acid groups (broad SMARTS) is 1. The van der Waals surface area contributed by atoms with Crippen LogP contribution >= 0.6 is 0 Å². The Kier molecular flexibility index (Phi) is 5.65. The molecule has 0 saturated heterocycles. The van der Waals surface area contributed by atoms with Crippen LogP contribution in [0.1, 0.15) is 25.8 Å². The van der Waals surface area contributed by atoms with E-state index < -0.39 is 12.0 Å². The summed E-state index contributed by atoms with van der Waals surface area (Å²) in [7, 11) is 1.83. The molecule has 0 spiro atoms. The van der Waals surface area contributed by atoms with E-state index in [4.69, 9.17) is 9.84 Å². The lowest BCUT2D eigenvalue weighted by molar-refractivity contribution is -0.143.